The second kappa shape index (κ2) is 4.22. The summed E-state index contributed by atoms with van der Waals surface area (Å²) in [5.74, 6) is 0.482. The number of hydrogen-bond acceptors (Lipinski definition) is 3. The van der Waals surface area contributed by atoms with Gasteiger partial charge >= 0.3 is 0 Å². The first-order valence-electron chi connectivity index (χ1n) is 4.62. The highest BCUT2D eigenvalue weighted by Crippen LogP contribution is 2.26. The van der Waals surface area contributed by atoms with E-state index in [4.69, 9.17) is 11.5 Å². The molecular formula is C10H18N2S. The lowest BCUT2D eigenvalue weighted by atomic mass is 9.99. The van der Waals surface area contributed by atoms with E-state index in [1.165, 1.54) is 10.4 Å². The molecule has 0 saturated carbocycles. The third-order valence-electron chi connectivity index (χ3n) is 2.19. The first-order chi connectivity index (χ1) is 6.02. The Labute approximate surface area is 83.9 Å². The smallest absolute Gasteiger partial charge is 0.0361 e. The monoisotopic (exact) mass is 198 g/mol. The molecule has 0 fully saturated rings. The third kappa shape index (κ3) is 2.53. The van der Waals surface area contributed by atoms with Gasteiger partial charge in [-0.05, 0) is 29.9 Å². The van der Waals surface area contributed by atoms with Gasteiger partial charge in [-0.3, -0.25) is 0 Å². The van der Waals surface area contributed by atoms with E-state index in [0.29, 0.717) is 5.92 Å². The molecule has 1 aromatic rings. The maximum Gasteiger partial charge on any atom is 0.0361 e. The summed E-state index contributed by atoms with van der Waals surface area (Å²) in [5.41, 5.74) is 13.0. The molecule has 2 atom stereocenters. The molecule has 13 heavy (non-hydrogen) atoms. The Balaban J connectivity index is 2.79. The molecule has 4 N–H and O–H groups in total. The van der Waals surface area contributed by atoms with E-state index >= 15 is 0 Å². The lowest BCUT2D eigenvalue weighted by Crippen LogP contribution is -2.15. The minimum Gasteiger partial charge on any atom is -0.324 e. The number of rotatable bonds is 3. The van der Waals surface area contributed by atoms with Crippen LogP contribution in [-0.4, -0.2) is 0 Å². The average molecular weight is 198 g/mol. The van der Waals surface area contributed by atoms with Crippen molar-refractivity contribution in [2.75, 3.05) is 0 Å². The van der Waals surface area contributed by atoms with Crippen LogP contribution in [0.25, 0.3) is 0 Å². The Morgan fingerprint density at radius 1 is 1.23 bits per heavy atom. The van der Waals surface area contributed by atoms with Crippen LogP contribution in [-0.2, 0) is 0 Å². The van der Waals surface area contributed by atoms with Crippen molar-refractivity contribution >= 4 is 11.3 Å². The summed E-state index contributed by atoms with van der Waals surface area (Å²) in [4.78, 5) is 1.21. The van der Waals surface area contributed by atoms with Crippen LogP contribution in [0.1, 0.15) is 43.3 Å². The third-order valence-corrected chi connectivity index (χ3v) is 3.34. The summed E-state index contributed by atoms with van der Waals surface area (Å²) < 4.78 is 0. The highest BCUT2D eigenvalue weighted by molar-refractivity contribution is 7.10. The number of nitrogens with two attached hydrogens (primary N) is 2. The molecular weight excluding hydrogens is 180 g/mol. The highest BCUT2D eigenvalue weighted by atomic mass is 32.1. The van der Waals surface area contributed by atoms with Crippen LogP contribution in [0.3, 0.4) is 0 Å². The van der Waals surface area contributed by atoms with E-state index in [1.54, 1.807) is 11.3 Å². The summed E-state index contributed by atoms with van der Waals surface area (Å²) in [6.07, 6.45) is 0. The molecule has 1 heterocycles. The molecule has 0 aliphatic heterocycles. The van der Waals surface area contributed by atoms with Gasteiger partial charge in [0.2, 0.25) is 0 Å². The maximum absolute atomic E-state index is 6.02. The fraction of sp³-hybridized carbons (Fsp3) is 0.600. The van der Waals surface area contributed by atoms with Crippen LogP contribution >= 0.6 is 11.3 Å². The standard InChI is InChI=1S/C10H18N2S/c1-6(2)10(12)8-4-9(7(3)11)13-5-8/h4-7,10H,11-12H2,1-3H3/t7-,10?/m1/s1. The van der Waals surface area contributed by atoms with E-state index in [0.717, 1.165) is 0 Å². The average Bonchev–Trinajstić information content (AvgIpc) is 2.50. The van der Waals surface area contributed by atoms with Crippen LogP contribution in [0, 0.1) is 5.92 Å². The Morgan fingerprint density at radius 3 is 2.23 bits per heavy atom. The first kappa shape index (κ1) is 10.7. The molecule has 0 bridgehead atoms. The van der Waals surface area contributed by atoms with Gasteiger partial charge in [0.05, 0.1) is 0 Å². The summed E-state index contributed by atoms with van der Waals surface area (Å²) in [6, 6.07) is 2.39. The molecule has 1 rings (SSSR count). The van der Waals surface area contributed by atoms with Gasteiger partial charge in [-0.15, -0.1) is 11.3 Å². The van der Waals surface area contributed by atoms with Crippen molar-refractivity contribution in [3.63, 3.8) is 0 Å². The quantitative estimate of drug-likeness (QED) is 0.783. The zero-order chi connectivity index (χ0) is 10.0. The Hall–Kier alpha value is -0.380. The molecule has 3 heteroatoms. The zero-order valence-corrected chi connectivity index (χ0v) is 9.27. The minimum absolute atomic E-state index is 0.123. The van der Waals surface area contributed by atoms with Crippen LogP contribution in [0.4, 0.5) is 0 Å². The van der Waals surface area contributed by atoms with Gasteiger partial charge in [0.1, 0.15) is 0 Å². The van der Waals surface area contributed by atoms with Crippen molar-refractivity contribution in [2.24, 2.45) is 17.4 Å². The topological polar surface area (TPSA) is 52.0 Å². The Kier molecular flexibility index (Phi) is 3.47. The second-order valence-corrected chi connectivity index (χ2v) is 4.78. The molecule has 0 aliphatic carbocycles. The molecule has 1 aromatic heterocycles. The molecule has 0 aliphatic rings. The molecule has 0 saturated heterocycles. The highest BCUT2D eigenvalue weighted by Gasteiger charge is 2.13. The van der Waals surface area contributed by atoms with Crippen molar-refractivity contribution in [1.29, 1.82) is 0 Å². The second-order valence-electron chi connectivity index (χ2n) is 3.84. The lowest BCUT2D eigenvalue weighted by Gasteiger charge is -2.13. The fourth-order valence-electron chi connectivity index (χ4n) is 1.17. The Bertz CT molecular complexity index is 266. The van der Waals surface area contributed by atoms with Gasteiger partial charge in [0.15, 0.2) is 0 Å². The van der Waals surface area contributed by atoms with E-state index in [-0.39, 0.29) is 12.1 Å². The number of thiophene rings is 1. The van der Waals surface area contributed by atoms with Crippen molar-refractivity contribution in [2.45, 2.75) is 32.9 Å². The molecule has 0 spiro atoms. The SMILES string of the molecule is CC(C)C(N)c1csc([C@@H](C)N)c1. The largest absolute Gasteiger partial charge is 0.324 e. The van der Waals surface area contributed by atoms with Crippen molar-refractivity contribution in [3.8, 4) is 0 Å². The molecule has 1 unspecified atom stereocenters. The molecule has 0 radical (unpaired) electrons. The van der Waals surface area contributed by atoms with Crippen LogP contribution in [0.15, 0.2) is 11.4 Å². The summed E-state index contributed by atoms with van der Waals surface area (Å²) >= 11 is 1.70. The maximum atomic E-state index is 6.02. The van der Waals surface area contributed by atoms with Crippen LogP contribution in [0.5, 0.6) is 0 Å². The van der Waals surface area contributed by atoms with Crippen LogP contribution in [0.2, 0.25) is 0 Å². The van der Waals surface area contributed by atoms with E-state index in [9.17, 15) is 0 Å². The summed E-state index contributed by atoms with van der Waals surface area (Å²) in [5, 5.41) is 2.11. The van der Waals surface area contributed by atoms with Gasteiger partial charge in [0.25, 0.3) is 0 Å². The van der Waals surface area contributed by atoms with Gasteiger partial charge in [0, 0.05) is 17.0 Å². The number of hydrogen-bond donors (Lipinski definition) is 2. The summed E-state index contributed by atoms with van der Waals surface area (Å²) in [6.45, 7) is 6.26. The van der Waals surface area contributed by atoms with Crippen molar-refractivity contribution in [3.05, 3.63) is 21.9 Å². The lowest BCUT2D eigenvalue weighted by molar-refractivity contribution is 0.515. The predicted octanol–water partition coefficient (Wildman–Crippen LogP) is 2.42. The Morgan fingerprint density at radius 2 is 1.85 bits per heavy atom. The molecule has 0 aromatic carbocycles. The van der Waals surface area contributed by atoms with E-state index in [2.05, 4.69) is 25.3 Å². The molecule has 74 valence electrons. The zero-order valence-electron chi connectivity index (χ0n) is 8.45. The molecule has 0 amide bonds. The van der Waals surface area contributed by atoms with Gasteiger partial charge in [-0.25, -0.2) is 0 Å². The fourth-order valence-corrected chi connectivity index (χ4v) is 2.08. The van der Waals surface area contributed by atoms with Gasteiger partial charge in [-0.2, -0.15) is 0 Å². The van der Waals surface area contributed by atoms with Gasteiger partial charge in [-0.1, -0.05) is 13.8 Å². The van der Waals surface area contributed by atoms with Crippen molar-refractivity contribution < 1.29 is 0 Å². The minimum atomic E-state index is 0.123. The molecule has 2 nitrogen and oxygen atoms in total. The predicted molar refractivity (Wildman–Crippen MR) is 58.7 cm³/mol. The first-order valence-corrected chi connectivity index (χ1v) is 5.49. The van der Waals surface area contributed by atoms with E-state index < -0.39 is 0 Å². The van der Waals surface area contributed by atoms with Crippen LogP contribution < -0.4 is 11.5 Å². The van der Waals surface area contributed by atoms with Crippen molar-refractivity contribution in [1.82, 2.24) is 0 Å². The normalized spacial score (nSPS) is 16.2. The summed E-state index contributed by atoms with van der Waals surface area (Å²) in [7, 11) is 0. The van der Waals surface area contributed by atoms with Gasteiger partial charge < -0.3 is 11.5 Å². The van der Waals surface area contributed by atoms with E-state index in [1.807, 2.05) is 6.92 Å².